The van der Waals surface area contributed by atoms with E-state index in [-0.39, 0.29) is 5.82 Å². The minimum absolute atomic E-state index is 0.204. The van der Waals surface area contributed by atoms with Crippen LogP contribution in [0, 0.1) is 5.82 Å². The summed E-state index contributed by atoms with van der Waals surface area (Å²) in [6, 6.07) is 6.58. The summed E-state index contributed by atoms with van der Waals surface area (Å²) in [4.78, 5) is 0. The van der Waals surface area contributed by atoms with Gasteiger partial charge in [-0.2, -0.15) is 0 Å². The molecule has 1 aliphatic rings. The fourth-order valence-electron chi connectivity index (χ4n) is 2.56. The first-order chi connectivity index (χ1) is 9.33. The molecule has 0 saturated carbocycles. The summed E-state index contributed by atoms with van der Waals surface area (Å²) in [6.07, 6.45) is 4.08. The molecule has 0 amide bonds. The van der Waals surface area contributed by atoms with Crippen LogP contribution in [-0.4, -0.2) is 27.9 Å². The van der Waals surface area contributed by atoms with Crippen LogP contribution < -0.4 is 5.32 Å². The summed E-state index contributed by atoms with van der Waals surface area (Å²) in [6.45, 7) is 2.74. The lowest BCUT2D eigenvalue weighted by atomic mass is 9.99. The molecule has 0 spiro atoms. The molecular weight excluding hydrogens is 243 g/mol. The molecule has 2 aromatic rings. The Balaban J connectivity index is 1.77. The van der Waals surface area contributed by atoms with Crippen molar-refractivity contribution in [1.82, 2.24) is 20.1 Å². The fourth-order valence-corrected chi connectivity index (χ4v) is 2.56. The van der Waals surface area contributed by atoms with Crippen molar-refractivity contribution >= 4 is 0 Å². The van der Waals surface area contributed by atoms with Crippen molar-refractivity contribution in [1.29, 1.82) is 0 Å². The lowest BCUT2D eigenvalue weighted by molar-refractivity contribution is 0.435. The minimum atomic E-state index is -0.204. The van der Waals surface area contributed by atoms with Crippen molar-refractivity contribution in [3.63, 3.8) is 0 Å². The molecule has 2 heterocycles. The molecule has 1 aliphatic heterocycles. The second-order valence-electron chi connectivity index (χ2n) is 4.99. The van der Waals surface area contributed by atoms with E-state index in [1.54, 1.807) is 18.5 Å². The summed E-state index contributed by atoms with van der Waals surface area (Å²) in [7, 11) is 0. The Morgan fingerprint density at radius 1 is 1.32 bits per heavy atom. The van der Waals surface area contributed by atoms with Gasteiger partial charge in [-0.25, -0.2) is 4.39 Å². The monoisotopic (exact) mass is 260 g/mol. The Hall–Kier alpha value is -1.75. The molecule has 1 aromatic carbocycles. The summed E-state index contributed by atoms with van der Waals surface area (Å²) < 4.78 is 15.0. The number of rotatable bonds is 3. The van der Waals surface area contributed by atoms with Gasteiger partial charge in [0, 0.05) is 12.5 Å². The number of nitrogens with one attached hydrogen (secondary N) is 1. The lowest BCUT2D eigenvalue weighted by Crippen LogP contribution is -2.30. The zero-order chi connectivity index (χ0) is 13.1. The Morgan fingerprint density at radius 2 is 2.16 bits per heavy atom. The van der Waals surface area contributed by atoms with Gasteiger partial charge in [-0.05, 0) is 37.1 Å². The van der Waals surface area contributed by atoms with Crippen LogP contribution in [0.5, 0.6) is 0 Å². The molecular formula is C14H17FN4. The molecule has 100 valence electrons. The predicted molar refractivity (Wildman–Crippen MR) is 70.4 cm³/mol. The van der Waals surface area contributed by atoms with Crippen LogP contribution >= 0.6 is 0 Å². The average Bonchev–Trinajstić information content (AvgIpc) is 2.90. The SMILES string of the molecule is Fc1ccc(Cn2cnnc2[C@H]2CCCNC2)cc1. The summed E-state index contributed by atoms with van der Waals surface area (Å²) in [5, 5.41) is 11.7. The van der Waals surface area contributed by atoms with Crippen LogP contribution in [0.2, 0.25) is 0 Å². The van der Waals surface area contributed by atoms with Gasteiger partial charge in [-0.3, -0.25) is 0 Å². The van der Waals surface area contributed by atoms with Crippen LogP contribution in [0.4, 0.5) is 4.39 Å². The van der Waals surface area contributed by atoms with Gasteiger partial charge in [0.2, 0.25) is 0 Å². The summed E-state index contributed by atoms with van der Waals surface area (Å²) in [5.41, 5.74) is 1.06. The number of hydrogen-bond donors (Lipinski definition) is 1. The number of aromatic nitrogens is 3. The first kappa shape index (κ1) is 12.3. The lowest BCUT2D eigenvalue weighted by Gasteiger charge is -2.22. The first-order valence-corrected chi connectivity index (χ1v) is 6.66. The molecule has 0 aliphatic carbocycles. The van der Waals surface area contributed by atoms with E-state index < -0.39 is 0 Å². The normalized spacial score (nSPS) is 19.5. The number of benzene rings is 1. The van der Waals surface area contributed by atoms with Crippen molar-refractivity contribution in [3.8, 4) is 0 Å². The zero-order valence-corrected chi connectivity index (χ0v) is 10.7. The molecule has 4 nitrogen and oxygen atoms in total. The maximum Gasteiger partial charge on any atom is 0.137 e. The largest absolute Gasteiger partial charge is 0.316 e. The van der Waals surface area contributed by atoms with Crippen LogP contribution in [0.1, 0.15) is 30.1 Å². The zero-order valence-electron chi connectivity index (χ0n) is 10.7. The molecule has 1 atom stereocenters. The highest BCUT2D eigenvalue weighted by atomic mass is 19.1. The van der Waals surface area contributed by atoms with E-state index in [4.69, 9.17) is 0 Å². The van der Waals surface area contributed by atoms with Crippen LogP contribution in [0.15, 0.2) is 30.6 Å². The highest BCUT2D eigenvalue weighted by molar-refractivity contribution is 5.17. The summed E-state index contributed by atoms with van der Waals surface area (Å²) in [5.74, 6) is 1.25. The molecule has 1 fully saturated rings. The van der Waals surface area contributed by atoms with E-state index in [2.05, 4.69) is 20.1 Å². The third-order valence-corrected chi connectivity index (χ3v) is 3.57. The number of piperidine rings is 1. The molecule has 19 heavy (non-hydrogen) atoms. The van der Waals surface area contributed by atoms with Gasteiger partial charge in [-0.1, -0.05) is 12.1 Å². The smallest absolute Gasteiger partial charge is 0.137 e. The van der Waals surface area contributed by atoms with E-state index in [9.17, 15) is 4.39 Å². The third-order valence-electron chi connectivity index (χ3n) is 3.57. The predicted octanol–water partition coefficient (Wildman–Crippen LogP) is 1.93. The van der Waals surface area contributed by atoms with E-state index in [0.717, 1.165) is 30.9 Å². The van der Waals surface area contributed by atoms with Gasteiger partial charge >= 0.3 is 0 Å². The Morgan fingerprint density at radius 3 is 2.89 bits per heavy atom. The molecule has 3 rings (SSSR count). The molecule has 1 N–H and O–H groups in total. The minimum Gasteiger partial charge on any atom is -0.316 e. The maximum absolute atomic E-state index is 12.9. The van der Waals surface area contributed by atoms with Gasteiger partial charge < -0.3 is 9.88 Å². The second kappa shape index (κ2) is 5.48. The number of nitrogens with zero attached hydrogens (tertiary/aromatic N) is 3. The van der Waals surface area contributed by atoms with Gasteiger partial charge in [0.25, 0.3) is 0 Å². The molecule has 5 heteroatoms. The van der Waals surface area contributed by atoms with Gasteiger partial charge in [0.1, 0.15) is 18.0 Å². The number of hydrogen-bond acceptors (Lipinski definition) is 3. The van der Waals surface area contributed by atoms with Gasteiger partial charge in [0.05, 0.1) is 6.54 Å². The third kappa shape index (κ3) is 2.81. The van der Waals surface area contributed by atoms with Gasteiger partial charge in [0.15, 0.2) is 0 Å². The average molecular weight is 260 g/mol. The van der Waals surface area contributed by atoms with E-state index in [1.165, 1.54) is 18.6 Å². The van der Waals surface area contributed by atoms with Crippen molar-refractivity contribution < 1.29 is 4.39 Å². The topological polar surface area (TPSA) is 42.7 Å². The standard InChI is InChI=1S/C14H17FN4/c15-13-5-3-11(4-6-13)9-19-10-17-18-14(19)12-2-1-7-16-8-12/h3-6,10,12,16H,1-2,7-9H2/t12-/m0/s1. The van der Waals surface area contributed by atoms with E-state index in [0.29, 0.717) is 12.5 Å². The van der Waals surface area contributed by atoms with Crippen molar-refractivity contribution in [3.05, 3.63) is 47.8 Å². The van der Waals surface area contributed by atoms with Crippen molar-refractivity contribution in [2.45, 2.75) is 25.3 Å². The summed E-state index contributed by atoms with van der Waals surface area (Å²) >= 11 is 0. The Bertz CT molecular complexity index is 529. The Kier molecular flexibility index (Phi) is 3.55. The fraction of sp³-hybridized carbons (Fsp3) is 0.429. The second-order valence-corrected chi connectivity index (χ2v) is 4.99. The molecule has 1 aromatic heterocycles. The Labute approximate surface area is 111 Å². The highest BCUT2D eigenvalue weighted by Crippen LogP contribution is 2.21. The number of halogens is 1. The van der Waals surface area contributed by atoms with Crippen molar-refractivity contribution in [2.24, 2.45) is 0 Å². The van der Waals surface area contributed by atoms with Crippen molar-refractivity contribution in [2.75, 3.05) is 13.1 Å². The maximum atomic E-state index is 12.9. The van der Waals surface area contributed by atoms with E-state index >= 15 is 0 Å². The van der Waals surface area contributed by atoms with Crippen LogP contribution in [0.3, 0.4) is 0 Å². The molecule has 0 bridgehead atoms. The molecule has 0 unspecified atom stereocenters. The first-order valence-electron chi connectivity index (χ1n) is 6.66. The van der Waals surface area contributed by atoms with Crippen LogP contribution in [0.25, 0.3) is 0 Å². The quantitative estimate of drug-likeness (QED) is 0.917. The van der Waals surface area contributed by atoms with Gasteiger partial charge in [-0.15, -0.1) is 10.2 Å². The van der Waals surface area contributed by atoms with E-state index in [1.807, 2.05) is 0 Å². The molecule has 0 radical (unpaired) electrons. The van der Waals surface area contributed by atoms with Crippen LogP contribution in [-0.2, 0) is 6.54 Å². The molecule has 1 saturated heterocycles. The highest BCUT2D eigenvalue weighted by Gasteiger charge is 2.20.